The van der Waals surface area contributed by atoms with Gasteiger partial charge in [0.15, 0.2) is 11.0 Å². The molecule has 88 valence electrons. The Morgan fingerprint density at radius 3 is 2.76 bits per heavy atom. The van der Waals surface area contributed by atoms with Gasteiger partial charge in [-0.1, -0.05) is 5.16 Å². The van der Waals surface area contributed by atoms with Crippen LogP contribution in [0.4, 0.5) is 0 Å². The van der Waals surface area contributed by atoms with Crippen molar-refractivity contribution in [2.24, 2.45) is 17.9 Å². The van der Waals surface area contributed by atoms with E-state index in [0.29, 0.717) is 15.9 Å². The van der Waals surface area contributed by atoms with Gasteiger partial charge in [-0.25, -0.2) is 19.6 Å². The zero-order valence-electron chi connectivity index (χ0n) is 8.85. The van der Waals surface area contributed by atoms with Crippen molar-refractivity contribution in [3.63, 3.8) is 0 Å². The molecule has 0 fully saturated rings. The normalized spacial score (nSPS) is 11.7. The van der Waals surface area contributed by atoms with Crippen molar-refractivity contribution < 1.29 is 5.21 Å². The Morgan fingerprint density at radius 1 is 1.41 bits per heavy atom. The molecule has 0 aliphatic heterocycles. The predicted octanol–water partition coefficient (Wildman–Crippen LogP) is -0.149. The van der Waals surface area contributed by atoms with E-state index >= 15 is 0 Å². The summed E-state index contributed by atoms with van der Waals surface area (Å²) < 4.78 is 1.63. The fraction of sp³-hybridized carbons (Fsp3) is 0.125. The molecule has 2 heterocycles. The quantitative estimate of drug-likeness (QED) is 0.337. The summed E-state index contributed by atoms with van der Waals surface area (Å²) in [6.45, 7) is 0. The summed E-state index contributed by atoms with van der Waals surface area (Å²) in [5.41, 5.74) is 5.68. The maximum atomic E-state index is 8.47. The van der Waals surface area contributed by atoms with Crippen LogP contribution in [0.1, 0.15) is 5.69 Å². The molecule has 0 aromatic carbocycles. The second kappa shape index (κ2) is 4.78. The van der Waals surface area contributed by atoms with Crippen LogP contribution in [0.3, 0.4) is 0 Å². The molecule has 0 bridgehead atoms. The van der Waals surface area contributed by atoms with Crippen LogP contribution in [-0.4, -0.2) is 35.8 Å². The summed E-state index contributed by atoms with van der Waals surface area (Å²) in [7, 11) is 1.79. The predicted molar refractivity (Wildman–Crippen MR) is 59.7 cm³/mol. The fourth-order valence-electron chi connectivity index (χ4n) is 1.02. The zero-order chi connectivity index (χ0) is 12.3. The highest BCUT2D eigenvalue weighted by Crippen LogP contribution is 2.21. The first-order valence-corrected chi connectivity index (χ1v) is 5.34. The maximum absolute atomic E-state index is 8.47. The highest BCUT2D eigenvalue weighted by atomic mass is 32.2. The zero-order valence-corrected chi connectivity index (χ0v) is 9.66. The lowest BCUT2D eigenvalue weighted by Crippen LogP contribution is -2.15. The van der Waals surface area contributed by atoms with E-state index in [1.54, 1.807) is 11.7 Å². The van der Waals surface area contributed by atoms with E-state index in [1.165, 1.54) is 30.5 Å². The molecule has 0 aliphatic carbocycles. The van der Waals surface area contributed by atoms with Crippen molar-refractivity contribution in [3.05, 3.63) is 24.4 Å². The second-order valence-corrected chi connectivity index (χ2v) is 3.98. The van der Waals surface area contributed by atoms with Gasteiger partial charge in [0.2, 0.25) is 0 Å². The number of hydrogen-bond donors (Lipinski definition) is 2. The van der Waals surface area contributed by atoms with Crippen LogP contribution in [0.15, 0.2) is 34.1 Å². The van der Waals surface area contributed by atoms with Crippen LogP contribution in [0.5, 0.6) is 0 Å². The Labute approximate surface area is 101 Å². The Hall–Kier alpha value is -2.16. The lowest BCUT2D eigenvalue weighted by atomic mass is 10.4. The van der Waals surface area contributed by atoms with E-state index < -0.39 is 0 Å². The van der Waals surface area contributed by atoms with Crippen LogP contribution in [0, 0.1) is 0 Å². The summed E-state index contributed by atoms with van der Waals surface area (Å²) in [4.78, 5) is 12.2. The molecular formula is C8H9N7OS. The molecule has 2 aromatic rings. The van der Waals surface area contributed by atoms with Gasteiger partial charge >= 0.3 is 0 Å². The molecule has 0 atom stereocenters. The van der Waals surface area contributed by atoms with Crippen molar-refractivity contribution in [2.45, 2.75) is 10.2 Å². The Kier molecular flexibility index (Phi) is 3.19. The number of aromatic nitrogens is 5. The summed E-state index contributed by atoms with van der Waals surface area (Å²) in [6.07, 6.45) is 4.40. The fourth-order valence-corrected chi connectivity index (χ4v) is 1.70. The largest absolute Gasteiger partial charge is 0.409 e. The number of oxime groups is 1. The van der Waals surface area contributed by atoms with Crippen LogP contribution in [0.25, 0.3) is 0 Å². The molecule has 2 aromatic heterocycles. The molecule has 0 aliphatic rings. The number of nitrogens with two attached hydrogens (primary N) is 1. The van der Waals surface area contributed by atoms with E-state index in [9.17, 15) is 0 Å². The van der Waals surface area contributed by atoms with Crippen molar-refractivity contribution in [3.8, 4) is 0 Å². The van der Waals surface area contributed by atoms with E-state index in [0.717, 1.165) is 0 Å². The summed E-state index contributed by atoms with van der Waals surface area (Å²) in [6, 6.07) is 0. The highest BCUT2D eigenvalue weighted by molar-refractivity contribution is 7.99. The standard InChI is InChI=1S/C8H9N7OS/c1-15-8(12-4-13-15)17-6-3-10-5(2-11-6)7(9)14-16/h2-4,16H,1H3,(H2,9,14). The number of hydrogen-bond acceptors (Lipinski definition) is 7. The molecule has 0 unspecified atom stereocenters. The number of aryl methyl sites for hydroxylation is 1. The van der Waals surface area contributed by atoms with Gasteiger partial charge in [0.25, 0.3) is 0 Å². The third-order valence-corrected chi connectivity index (χ3v) is 2.84. The van der Waals surface area contributed by atoms with Crippen molar-refractivity contribution in [1.82, 2.24) is 24.7 Å². The smallest absolute Gasteiger partial charge is 0.192 e. The topological polar surface area (TPSA) is 115 Å². The van der Waals surface area contributed by atoms with Gasteiger partial charge in [-0.3, -0.25) is 0 Å². The minimum absolute atomic E-state index is 0.0762. The first kappa shape index (κ1) is 11.3. The summed E-state index contributed by atoms with van der Waals surface area (Å²) in [5.74, 6) is -0.0762. The molecule has 8 nitrogen and oxygen atoms in total. The summed E-state index contributed by atoms with van der Waals surface area (Å²) in [5, 5.41) is 16.6. The monoisotopic (exact) mass is 251 g/mol. The van der Waals surface area contributed by atoms with E-state index in [4.69, 9.17) is 10.9 Å². The molecule has 2 rings (SSSR count). The van der Waals surface area contributed by atoms with Gasteiger partial charge in [-0.2, -0.15) is 5.10 Å². The van der Waals surface area contributed by atoms with Crippen LogP contribution in [-0.2, 0) is 7.05 Å². The molecule has 17 heavy (non-hydrogen) atoms. The minimum Gasteiger partial charge on any atom is -0.409 e. The molecular weight excluding hydrogens is 242 g/mol. The molecule has 0 saturated heterocycles. The van der Waals surface area contributed by atoms with Crippen molar-refractivity contribution in [2.75, 3.05) is 0 Å². The molecule has 9 heteroatoms. The minimum atomic E-state index is -0.0762. The SMILES string of the molecule is Cn1ncnc1Sc1cnc(C(N)=NO)cn1. The number of amidine groups is 1. The molecule has 3 N–H and O–H groups in total. The first-order chi connectivity index (χ1) is 8.20. The number of nitrogens with zero attached hydrogens (tertiary/aromatic N) is 6. The van der Waals surface area contributed by atoms with Gasteiger partial charge in [-0.05, 0) is 11.8 Å². The average Bonchev–Trinajstić information content (AvgIpc) is 2.75. The van der Waals surface area contributed by atoms with Gasteiger partial charge in [0.1, 0.15) is 17.0 Å². The Balaban J connectivity index is 2.17. The third kappa shape index (κ3) is 2.50. The Morgan fingerprint density at radius 2 is 2.24 bits per heavy atom. The van der Waals surface area contributed by atoms with Gasteiger partial charge in [0, 0.05) is 7.05 Å². The van der Waals surface area contributed by atoms with Gasteiger partial charge in [-0.15, -0.1) is 0 Å². The molecule has 0 spiro atoms. The van der Waals surface area contributed by atoms with E-state index in [-0.39, 0.29) is 5.84 Å². The average molecular weight is 251 g/mol. The maximum Gasteiger partial charge on any atom is 0.192 e. The Bertz CT molecular complexity index is 535. The highest BCUT2D eigenvalue weighted by Gasteiger charge is 2.06. The molecule has 0 radical (unpaired) electrons. The molecule has 0 saturated carbocycles. The summed E-state index contributed by atoms with van der Waals surface area (Å²) >= 11 is 1.32. The van der Waals surface area contributed by atoms with E-state index in [1.807, 2.05) is 0 Å². The van der Waals surface area contributed by atoms with E-state index in [2.05, 4.69) is 25.2 Å². The van der Waals surface area contributed by atoms with Crippen LogP contribution < -0.4 is 5.73 Å². The van der Waals surface area contributed by atoms with Gasteiger partial charge in [0.05, 0.1) is 12.4 Å². The van der Waals surface area contributed by atoms with Crippen LogP contribution >= 0.6 is 11.8 Å². The van der Waals surface area contributed by atoms with Crippen LogP contribution in [0.2, 0.25) is 0 Å². The third-order valence-electron chi connectivity index (χ3n) is 1.86. The lowest BCUT2D eigenvalue weighted by Gasteiger charge is -2.00. The van der Waals surface area contributed by atoms with Gasteiger partial charge < -0.3 is 10.9 Å². The lowest BCUT2D eigenvalue weighted by molar-refractivity contribution is 0.318. The first-order valence-electron chi connectivity index (χ1n) is 4.52. The van der Waals surface area contributed by atoms with Crippen molar-refractivity contribution in [1.29, 1.82) is 0 Å². The second-order valence-electron chi connectivity index (χ2n) is 2.99. The molecule has 0 amide bonds. The number of rotatable bonds is 3. The van der Waals surface area contributed by atoms with Crippen molar-refractivity contribution >= 4 is 17.6 Å².